The maximum Gasteiger partial charge on any atom is 0.270 e. The first-order valence-electron chi connectivity index (χ1n) is 13.3. The third-order valence-corrected chi connectivity index (χ3v) is 7.33. The number of hydrogen-bond acceptors (Lipinski definition) is 7. The summed E-state index contributed by atoms with van der Waals surface area (Å²) in [5.41, 5.74) is 5.79. The molecular formula is C29H31N7O3S. The van der Waals surface area contributed by atoms with Crippen LogP contribution >= 0.6 is 12.2 Å². The van der Waals surface area contributed by atoms with Gasteiger partial charge in [-0.15, -0.1) is 10.2 Å². The molecule has 2 heterocycles. The van der Waals surface area contributed by atoms with Gasteiger partial charge in [0.1, 0.15) is 11.0 Å². The van der Waals surface area contributed by atoms with Crippen molar-refractivity contribution in [2.75, 3.05) is 23.3 Å². The molecule has 0 unspecified atom stereocenters. The lowest BCUT2D eigenvalue weighted by Crippen LogP contribution is -2.36. The lowest BCUT2D eigenvalue weighted by atomic mass is 10.0. The number of carbonyl (C=O) groups excluding carboxylic acids is 1. The first-order chi connectivity index (χ1) is 19.2. The molecule has 206 valence electrons. The third-order valence-electron chi connectivity index (χ3n) is 7.12. The van der Waals surface area contributed by atoms with Crippen molar-refractivity contribution in [3.8, 4) is 5.69 Å². The van der Waals surface area contributed by atoms with Gasteiger partial charge in [0.15, 0.2) is 5.11 Å². The van der Waals surface area contributed by atoms with Gasteiger partial charge in [0, 0.05) is 30.9 Å². The number of hydrogen-bond donors (Lipinski definition) is 2. The highest BCUT2D eigenvalue weighted by molar-refractivity contribution is 7.80. The number of piperidine rings is 1. The summed E-state index contributed by atoms with van der Waals surface area (Å²) in [4.78, 5) is 27.9. The van der Waals surface area contributed by atoms with Crippen LogP contribution in [0.25, 0.3) is 16.7 Å². The molecule has 1 amide bonds. The van der Waals surface area contributed by atoms with Gasteiger partial charge in [-0.1, -0.05) is 26.0 Å². The van der Waals surface area contributed by atoms with Crippen molar-refractivity contribution in [3.05, 3.63) is 81.4 Å². The van der Waals surface area contributed by atoms with E-state index in [4.69, 9.17) is 12.2 Å². The number of rotatable bonds is 6. The zero-order chi connectivity index (χ0) is 28.4. The van der Waals surface area contributed by atoms with Crippen LogP contribution in [0.5, 0.6) is 0 Å². The normalized spacial score (nSPS) is 13.4. The molecule has 1 aromatic heterocycles. The van der Waals surface area contributed by atoms with E-state index >= 15 is 0 Å². The fourth-order valence-corrected chi connectivity index (χ4v) is 5.07. The van der Waals surface area contributed by atoms with Crippen molar-refractivity contribution in [2.45, 2.75) is 46.0 Å². The van der Waals surface area contributed by atoms with Crippen LogP contribution in [0.1, 0.15) is 60.5 Å². The van der Waals surface area contributed by atoms with Crippen LogP contribution in [0.3, 0.4) is 0 Å². The topological polar surface area (TPSA) is 118 Å². The third kappa shape index (κ3) is 5.79. The zero-order valence-electron chi connectivity index (χ0n) is 22.7. The van der Waals surface area contributed by atoms with E-state index in [-0.39, 0.29) is 16.4 Å². The number of non-ortho nitro benzene ring substituents is 1. The minimum absolute atomic E-state index is 0.0835. The number of carbonyl (C=O) groups is 1. The van der Waals surface area contributed by atoms with Gasteiger partial charge in [0.2, 0.25) is 0 Å². The lowest BCUT2D eigenvalue weighted by Gasteiger charge is -2.30. The molecule has 1 saturated heterocycles. The Morgan fingerprint density at radius 3 is 2.33 bits per heavy atom. The predicted octanol–water partition coefficient (Wildman–Crippen LogP) is 5.88. The van der Waals surface area contributed by atoms with Gasteiger partial charge in [-0.2, -0.15) is 4.80 Å². The summed E-state index contributed by atoms with van der Waals surface area (Å²) >= 11 is 5.46. The summed E-state index contributed by atoms with van der Waals surface area (Å²) < 4.78 is 0. The molecule has 3 aromatic carbocycles. The van der Waals surface area contributed by atoms with Crippen molar-refractivity contribution < 1.29 is 9.72 Å². The fraction of sp³-hybridized carbons (Fsp3) is 0.310. The molecule has 1 fully saturated rings. The van der Waals surface area contributed by atoms with E-state index < -0.39 is 10.8 Å². The second kappa shape index (κ2) is 11.4. The van der Waals surface area contributed by atoms with Crippen LogP contribution in [0, 0.1) is 17.0 Å². The molecule has 0 bridgehead atoms. The summed E-state index contributed by atoms with van der Waals surface area (Å²) in [6, 6.07) is 16.3. The van der Waals surface area contributed by atoms with Gasteiger partial charge in [-0.25, -0.2) is 0 Å². The molecule has 1 aliphatic rings. The van der Waals surface area contributed by atoms with Gasteiger partial charge in [-0.05, 0) is 85.8 Å². The highest BCUT2D eigenvalue weighted by Crippen LogP contribution is 2.28. The van der Waals surface area contributed by atoms with E-state index in [0.717, 1.165) is 49.1 Å². The second-order valence-electron chi connectivity index (χ2n) is 10.3. The van der Waals surface area contributed by atoms with Crippen LogP contribution in [-0.4, -0.2) is 44.0 Å². The number of nitrogens with zero attached hydrogens (tertiary/aromatic N) is 5. The van der Waals surface area contributed by atoms with Crippen molar-refractivity contribution in [2.24, 2.45) is 0 Å². The second-order valence-corrected chi connectivity index (χ2v) is 10.7. The molecule has 4 aromatic rings. The largest absolute Gasteiger partial charge is 0.371 e. The Kier molecular flexibility index (Phi) is 7.74. The number of aryl methyl sites for hydroxylation is 1. The highest BCUT2D eigenvalue weighted by Gasteiger charge is 2.23. The lowest BCUT2D eigenvalue weighted by molar-refractivity contribution is -0.384. The first kappa shape index (κ1) is 27.2. The number of anilines is 2. The monoisotopic (exact) mass is 557 g/mol. The van der Waals surface area contributed by atoms with E-state index in [2.05, 4.69) is 51.7 Å². The summed E-state index contributed by atoms with van der Waals surface area (Å²) in [5, 5.41) is 26.5. The molecule has 40 heavy (non-hydrogen) atoms. The summed E-state index contributed by atoms with van der Waals surface area (Å²) in [7, 11) is 0. The molecule has 11 heteroatoms. The molecule has 0 aliphatic carbocycles. The molecule has 1 aliphatic heterocycles. The van der Waals surface area contributed by atoms with Crippen LogP contribution in [0.15, 0.2) is 54.6 Å². The quantitative estimate of drug-likeness (QED) is 0.171. The number of amides is 1. The number of nitrogens with one attached hydrogen (secondary N) is 2. The van der Waals surface area contributed by atoms with Crippen molar-refractivity contribution in [1.82, 2.24) is 20.3 Å². The van der Waals surface area contributed by atoms with Crippen LogP contribution < -0.4 is 15.5 Å². The van der Waals surface area contributed by atoms with Gasteiger partial charge >= 0.3 is 0 Å². The number of nitro benzene ring substituents is 1. The molecular weight excluding hydrogens is 526 g/mol. The average molecular weight is 558 g/mol. The number of benzene rings is 3. The molecule has 0 saturated carbocycles. The summed E-state index contributed by atoms with van der Waals surface area (Å²) in [5.74, 6) is -0.0658. The number of thiocarbonyl (C=S) groups is 1. The van der Waals surface area contributed by atoms with E-state index in [0.29, 0.717) is 22.8 Å². The summed E-state index contributed by atoms with van der Waals surface area (Å²) in [6.07, 6.45) is 3.14. The Labute approximate surface area is 237 Å². The highest BCUT2D eigenvalue weighted by atomic mass is 32.1. The Morgan fingerprint density at radius 1 is 1.00 bits per heavy atom. The molecule has 5 rings (SSSR count). The maximum atomic E-state index is 13.3. The number of fused-ring (bicyclic) bond motifs is 1. The molecule has 0 radical (unpaired) electrons. The van der Waals surface area contributed by atoms with E-state index in [1.54, 1.807) is 10.9 Å². The number of nitro groups is 1. The smallest absolute Gasteiger partial charge is 0.270 e. The minimum Gasteiger partial charge on any atom is -0.371 e. The Bertz CT molecular complexity index is 1590. The van der Waals surface area contributed by atoms with Gasteiger partial charge in [0.05, 0.1) is 21.9 Å². The molecule has 0 spiro atoms. The summed E-state index contributed by atoms with van der Waals surface area (Å²) in [6.45, 7) is 7.80. The van der Waals surface area contributed by atoms with Crippen molar-refractivity contribution in [1.29, 1.82) is 0 Å². The van der Waals surface area contributed by atoms with Crippen LogP contribution in [0.2, 0.25) is 0 Å². The Morgan fingerprint density at radius 2 is 1.68 bits per heavy atom. The van der Waals surface area contributed by atoms with Crippen molar-refractivity contribution in [3.63, 3.8) is 0 Å². The van der Waals surface area contributed by atoms with Crippen LogP contribution in [0.4, 0.5) is 17.1 Å². The van der Waals surface area contributed by atoms with E-state index in [1.807, 2.05) is 31.2 Å². The van der Waals surface area contributed by atoms with E-state index in [1.165, 1.54) is 17.7 Å². The molecule has 2 N–H and O–H groups in total. The average Bonchev–Trinajstić information content (AvgIpc) is 3.36. The SMILES string of the molecule is Cc1cc2nn(-c3ccc(C(C)C)cc3)nc2cc1NC(=S)NC(=O)c1cc([N+](=O)[O-])ccc1N1CCCCC1. The van der Waals surface area contributed by atoms with Gasteiger partial charge in [-0.3, -0.25) is 20.2 Å². The first-order valence-corrected chi connectivity index (χ1v) is 13.7. The standard InChI is InChI=1S/C29H31N7O3S/c1-18(2)20-7-9-21(10-8-20)35-32-25-15-19(3)24(17-26(25)33-35)30-29(40)31-28(37)23-16-22(36(38)39)11-12-27(23)34-13-5-4-6-14-34/h7-12,15-18H,4-6,13-14H2,1-3H3,(H2,30,31,37,40). The minimum atomic E-state index is -0.503. The molecule has 0 atom stereocenters. The predicted molar refractivity (Wildman–Crippen MR) is 161 cm³/mol. The molecule has 10 nitrogen and oxygen atoms in total. The Hall–Kier alpha value is -4.38. The van der Waals surface area contributed by atoms with Crippen molar-refractivity contribution >= 4 is 51.3 Å². The van der Waals surface area contributed by atoms with Gasteiger partial charge in [0.25, 0.3) is 11.6 Å². The van der Waals surface area contributed by atoms with Crippen LogP contribution in [-0.2, 0) is 0 Å². The van der Waals surface area contributed by atoms with E-state index in [9.17, 15) is 14.9 Å². The Balaban J connectivity index is 1.35. The van der Waals surface area contributed by atoms with Gasteiger partial charge < -0.3 is 10.2 Å². The maximum absolute atomic E-state index is 13.3. The zero-order valence-corrected chi connectivity index (χ0v) is 23.5. The fourth-order valence-electron chi connectivity index (χ4n) is 4.86. The number of aromatic nitrogens is 3.